The molecule has 3 aromatic rings. The van der Waals surface area contributed by atoms with Gasteiger partial charge in [-0.05, 0) is 31.6 Å². The van der Waals surface area contributed by atoms with Crippen molar-refractivity contribution in [3.05, 3.63) is 42.2 Å². The van der Waals surface area contributed by atoms with E-state index < -0.39 is 0 Å². The Morgan fingerprint density at radius 2 is 1.92 bits per heavy atom. The lowest BCUT2D eigenvalue weighted by Crippen LogP contribution is -2.10. The number of nitrogens with zero attached hydrogens (tertiary/aromatic N) is 4. The number of anilines is 2. The van der Waals surface area contributed by atoms with E-state index >= 15 is 0 Å². The third kappa shape index (κ3) is 4.22. The van der Waals surface area contributed by atoms with Crippen molar-refractivity contribution < 1.29 is 0 Å². The van der Waals surface area contributed by atoms with E-state index in [9.17, 15) is 0 Å². The van der Waals surface area contributed by atoms with Crippen molar-refractivity contribution in [1.82, 2.24) is 19.5 Å². The van der Waals surface area contributed by atoms with Crippen molar-refractivity contribution in [2.45, 2.75) is 32.9 Å². The number of nitrogens with one attached hydrogen (secondary N) is 2. The van der Waals surface area contributed by atoms with Gasteiger partial charge in [0.2, 0.25) is 5.95 Å². The van der Waals surface area contributed by atoms with Gasteiger partial charge in [0.25, 0.3) is 0 Å². The number of imidazole rings is 1. The van der Waals surface area contributed by atoms with Crippen molar-refractivity contribution in [3.63, 3.8) is 0 Å². The highest BCUT2D eigenvalue weighted by Gasteiger charge is 2.14. The van der Waals surface area contributed by atoms with Gasteiger partial charge < -0.3 is 15.2 Å². The quantitative estimate of drug-likeness (QED) is 0.424. The molecule has 0 spiro atoms. The van der Waals surface area contributed by atoms with E-state index in [4.69, 9.17) is 0 Å². The smallest absolute Gasteiger partial charge is 0.226 e. The van der Waals surface area contributed by atoms with Crippen molar-refractivity contribution in [1.29, 1.82) is 0 Å². The van der Waals surface area contributed by atoms with Crippen LogP contribution in [0.15, 0.2) is 36.7 Å². The molecule has 3 rings (SSSR count). The summed E-state index contributed by atoms with van der Waals surface area (Å²) >= 11 is 4.25. The van der Waals surface area contributed by atoms with Crippen LogP contribution >= 0.6 is 12.6 Å². The Morgan fingerprint density at radius 1 is 1.12 bits per heavy atom. The third-order valence-corrected chi connectivity index (χ3v) is 4.21. The molecule has 0 atom stereocenters. The van der Waals surface area contributed by atoms with Gasteiger partial charge in [-0.2, -0.15) is 22.6 Å². The molecule has 0 aliphatic carbocycles. The summed E-state index contributed by atoms with van der Waals surface area (Å²) in [5.74, 6) is 2.20. The third-order valence-electron chi connectivity index (χ3n) is 3.90. The molecule has 2 heterocycles. The number of hydrogen-bond acceptors (Lipinski definition) is 6. The topological polar surface area (TPSA) is 67.7 Å². The summed E-state index contributed by atoms with van der Waals surface area (Å²) in [6, 6.07) is 10.5. The lowest BCUT2D eigenvalue weighted by Gasteiger charge is -2.12. The number of aromatic nitrogens is 4. The fourth-order valence-electron chi connectivity index (χ4n) is 2.56. The van der Waals surface area contributed by atoms with Crippen LogP contribution in [-0.2, 0) is 6.54 Å². The summed E-state index contributed by atoms with van der Waals surface area (Å²) in [6.07, 6.45) is 2.79. The standard InChI is InChI=1S/C18H24N6S/c1-13(2)24-12-21-15-16(20-11-14-7-4-3-5-8-14)22-18(23-17(15)24)19-9-6-10-25/h3-5,7-8,12-13,25H,6,9-11H2,1-2H3,(H2,19,20,22,23). The van der Waals surface area contributed by atoms with E-state index in [0.717, 1.165) is 35.7 Å². The fourth-order valence-corrected chi connectivity index (χ4v) is 2.72. The zero-order chi connectivity index (χ0) is 17.6. The molecule has 0 aliphatic rings. The van der Waals surface area contributed by atoms with Crippen LogP contribution in [0.2, 0.25) is 0 Å². The average Bonchev–Trinajstić information content (AvgIpc) is 3.05. The molecule has 1 aromatic carbocycles. The van der Waals surface area contributed by atoms with Crippen LogP contribution in [0.5, 0.6) is 0 Å². The molecule has 25 heavy (non-hydrogen) atoms. The predicted octanol–water partition coefficient (Wildman–Crippen LogP) is 3.75. The second kappa shape index (κ2) is 8.20. The Bertz CT molecular complexity index is 815. The fraction of sp³-hybridized carbons (Fsp3) is 0.389. The molecule has 0 unspecified atom stereocenters. The van der Waals surface area contributed by atoms with Crippen molar-refractivity contribution in [2.75, 3.05) is 22.9 Å². The predicted molar refractivity (Wildman–Crippen MR) is 106 cm³/mol. The van der Waals surface area contributed by atoms with Crippen LogP contribution in [0.4, 0.5) is 11.8 Å². The molecule has 0 aliphatic heterocycles. The minimum atomic E-state index is 0.284. The first-order chi connectivity index (χ1) is 12.2. The van der Waals surface area contributed by atoms with E-state index in [0.29, 0.717) is 12.5 Å². The normalized spacial score (nSPS) is 11.2. The molecule has 6 nitrogen and oxygen atoms in total. The first-order valence-corrected chi connectivity index (χ1v) is 9.19. The molecule has 0 fully saturated rings. The highest BCUT2D eigenvalue weighted by Crippen LogP contribution is 2.23. The summed E-state index contributed by atoms with van der Waals surface area (Å²) in [4.78, 5) is 13.8. The molecule has 0 amide bonds. The Kier molecular flexibility index (Phi) is 5.75. The summed E-state index contributed by atoms with van der Waals surface area (Å²) in [7, 11) is 0. The minimum absolute atomic E-state index is 0.284. The van der Waals surface area contributed by atoms with Gasteiger partial charge in [0.1, 0.15) is 0 Å². The maximum atomic E-state index is 4.66. The largest absolute Gasteiger partial charge is 0.364 e. The zero-order valence-electron chi connectivity index (χ0n) is 14.6. The number of benzene rings is 1. The minimum Gasteiger partial charge on any atom is -0.364 e. The van der Waals surface area contributed by atoms with Gasteiger partial charge in [-0.1, -0.05) is 30.3 Å². The van der Waals surface area contributed by atoms with E-state index in [2.05, 4.69) is 68.8 Å². The first kappa shape index (κ1) is 17.5. The Morgan fingerprint density at radius 3 is 2.64 bits per heavy atom. The van der Waals surface area contributed by atoms with Crippen LogP contribution in [0.25, 0.3) is 11.2 Å². The van der Waals surface area contributed by atoms with E-state index in [1.165, 1.54) is 5.56 Å². The maximum Gasteiger partial charge on any atom is 0.226 e. The van der Waals surface area contributed by atoms with Crippen LogP contribution < -0.4 is 10.6 Å². The van der Waals surface area contributed by atoms with Crippen LogP contribution in [-0.4, -0.2) is 31.8 Å². The van der Waals surface area contributed by atoms with Gasteiger partial charge in [-0.25, -0.2) is 4.98 Å². The maximum absolute atomic E-state index is 4.66. The van der Waals surface area contributed by atoms with Crippen LogP contribution in [0.3, 0.4) is 0 Å². The molecule has 132 valence electrons. The number of fused-ring (bicyclic) bond motifs is 1. The average molecular weight is 356 g/mol. The van der Waals surface area contributed by atoms with Gasteiger partial charge in [0.15, 0.2) is 17.0 Å². The highest BCUT2D eigenvalue weighted by molar-refractivity contribution is 7.80. The number of hydrogen-bond donors (Lipinski definition) is 3. The molecule has 2 aromatic heterocycles. The lowest BCUT2D eigenvalue weighted by atomic mass is 10.2. The van der Waals surface area contributed by atoms with Crippen molar-refractivity contribution in [2.24, 2.45) is 0 Å². The molecule has 2 N–H and O–H groups in total. The van der Waals surface area contributed by atoms with Crippen molar-refractivity contribution >= 4 is 35.6 Å². The molecular formula is C18H24N6S. The molecule has 7 heteroatoms. The SMILES string of the molecule is CC(C)n1cnc2c(NCc3ccccc3)nc(NCCCS)nc21. The van der Waals surface area contributed by atoms with Gasteiger partial charge >= 0.3 is 0 Å². The summed E-state index contributed by atoms with van der Waals surface area (Å²) in [5, 5.41) is 6.68. The van der Waals surface area contributed by atoms with Crippen molar-refractivity contribution in [3.8, 4) is 0 Å². The van der Waals surface area contributed by atoms with E-state index in [-0.39, 0.29) is 6.04 Å². The van der Waals surface area contributed by atoms with E-state index in [1.54, 1.807) is 0 Å². The second-order valence-electron chi connectivity index (χ2n) is 6.16. The Labute approximate surface area is 153 Å². The first-order valence-electron chi connectivity index (χ1n) is 8.56. The summed E-state index contributed by atoms with van der Waals surface area (Å²) in [6.45, 7) is 5.73. The number of thiol groups is 1. The Hall–Kier alpha value is -2.28. The Balaban J connectivity index is 1.91. The molecule has 0 bridgehead atoms. The lowest BCUT2D eigenvalue weighted by molar-refractivity contribution is 0.613. The van der Waals surface area contributed by atoms with Crippen LogP contribution in [0, 0.1) is 0 Å². The van der Waals surface area contributed by atoms with Gasteiger partial charge in [0, 0.05) is 19.1 Å². The molecule has 0 radical (unpaired) electrons. The highest BCUT2D eigenvalue weighted by atomic mass is 32.1. The summed E-state index contributed by atoms with van der Waals surface area (Å²) < 4.78 is 2.06. The number of rotatable bonds is 8. The van der Waals surface area contributed by atoms with E-state index in [1.807, 2.05) is 24.5 Å². The van der Waals surface area contributed by atoms with Gasteiger partial charge in [-0.3, -0.25) is 0 Å². The monoisotopic (exact) mass is 356 g/mol. The van der Waals surface area contributed by atoms with Crippen LogP contribution in [0.1, 0.15) is 31.9 Å². The molecule has 0 saturated heterocycles. The summed E-state index contributed by atoms with van der Waals surface area (Å²) in [5.41, 5.74) is 2.83. The van der Waals surface area contributed by atoms with Gasteiger partial charge in [0.05, 0.1) is 6.33 Å². The van der Waals surface area contributed by atoms with Gasteiger partial charge in [-0.15, -0.1) is 0 Å². The second-order valence-corrected chi connectivity index (χ2v) is 6.60. The molecular weight excluding hydrogens is 332 g/mol. The molecule has 0 saturated carbocycles. The zero-order valence-corrected chi connectivity index (χ0v) is 15.5.